The third kappa shape index (κ3) is 6.57. The molecule has 5 aliphatic carbocycles. The highest BCUT2D eigenvalue weighted by Crippen LogP contribution is 2.76. The molecule has 296 valence electrons. The second kappa shape index (κ2) is 14.0. The van der Waals surface area contributed by atoms with Crippen LogP contribution in [0, 0.1) is 50.2 Å². The lowest BCUT2D eigenvalue weighted by Gasteiger charge is -2.72. The third-order valence-electron chi connectivity index (χ3n) is 14.7. The van der Waals surface area contributed by atoms with E-state index >= 15 is 0 Å². The van der Waals surface area contributed by atoms with Gasteiger partial charge in [-0.1, -0.05) is 46.3 Å². The van der Waals surface area contributed by atoms with Gasteiger partial charge in [0.1, 0.15) is 30.8 Å². The molecule has 5 rings (SSSR count). The number of methoxy groups -OCH3 is 1. The Morgan fingerprint density at radius 3 is 1.81 bits per heavy atom. The number of rotatable bonds is 8. The Morgan fingerprint density at radius 2 is 1.28 bits per heavy atom. The van der Waals surface area contributed by atoms with Gasteiger partial charge in [0.15, 0.2) is 6.10 Å². The van der Waals surface area contributed by atoms with Crippen molar-refractivity contribution in [1.82, 2.24) is 0 Å². The molecule has 0 unspecified atom stereocenters. The van der Waals surface area contributed by atoms with Gasteiger partial charge in [0.2, 0.25) is 0 Å². The number of ether oxygens (including phenoxy) is 6. The molecule has 12 nitrogen and oxygen atoms in total. The van der Waals surface area contributed by atoms with E-state index in [-0.39, 0.29) is 42.4 Å². The van der Waals surface area contributed by atoms with E-state index in [2.05, 4.69) is 40.7 Å². The predicted octanol–water partition coefficient (Wildman–Crippen LogP) is 6.06. The van der Waals surface area contributed by atoms with Crippen molar-refractivity contribution in [2.24, 2.45) is 50.2 Å². The molecular weight excluding hydrogens is 684 g/mol. The van der Waals surface area contributed by atoms with Crippen LogP contribution in [0.5, 0.6) is 0 Å². The first kappa shape index (κ1) is 40.7. The monoisotopic (exact) mass is 744 g/mol. The SMILES string of the molecule is COC(=O)[C@]12CCC(C)(C)C[C@H]1C1=CC[C@@H]3[C@@]4(C)C[C@H](OC(C)=O)[C@H](OC(C)=O)C(COC(C)=O)(COC(C)=O)[C@@H]4CC[C@@]3(C)[C@]1(C)C[C@H]2OC(C)=O. The third-order valence-corrected chi connectivity index (χ3v) is 14.7. The summed E-state index contributed by atoms with van der Waals surface area (Å²) >= 11 is 0. The lowest BCUT2D eigenvalue weighted by Crippen LogP contribution is -2.71. The molecule has 0 spiro atoms. The minimum absolute atomic E-state index is 0.0620. The van der Waals surface area contributed by atoms with Gasteiger partial charge >= 0.3 is 35.8 Å². The average molecular weight is 745 g/mol. The highest BCUT2D eigenvalue weighted by Gasteiger charge is 2.74. The fraction of sp³-hybridized carbons (Fsp3) is 0.805. The van der Waals surface area contributed by atoms with Crippen LogP contribution < -0.4 is 0 Å². The summed E-state index contributed by atoms with van der Waals surface area (Å²) in [6, 6.07) is 0. The van der Waals surface area contributed by atoms with Gasteiger partial charge in [-0.15, -0.1) is 0 Å². The standard InChI is InChI=1S/C41H60O12/c1-23(42)49-21-40(22-50-24(2)43)32-14-15-38(9)31(37(32,8)19-30(51-25(3)44)34(40)53-27(5)46)13-12-28-29-18-36(6,7)16-17-41(29,35(47)48-11)33(52-26(4)45)20-39(28,38)10/h12,29-34H,13-22H2,1-11H3/t29-,30-,31+,32+,33+,34-,37+,38+,39+,41+/m0/s1. The van der Waals surface area contributed by atoms with Crippen molar-refractivity contribution >= 4 is 35.8 Å². The summed E-state index contributed by atoms with van der Waals surface area (Å²) in [5.41, 5.74) is -2.71. The second-order valence-corrected chi connectivity index (χ2v) is 18.2. The van der Waals surface area contributed by atoms with E-state index in [0.29, 0.717) is 38.5 Å². The lowest BCUT2D eigenvalue weighted by atomic mass is 9.33. The molecule has 0 bridgehead atoms. The molecular formula is C41H60O12. The number of fused-ring (bicyclic) bond motifs is 7. The molecule has 0 aromatic carbocycles. The predicted molar refractivity (Wildman–Crippen MR) is 190 cm³/mol. The van der Waals surface area contributed by atoms with Gasteiger partial charge in [-0.05, 0) is 84.9 Å². The van der Waals surface area contributed by atoms with Crippen LogP contribution in [0.2, 0.25) is 0 Å². The Kier molecular flexibility index (Phi) is 10.8. The number of hydrogen-bond donors (Lipinski definition) is 0. The number of esters is 6. The van der Waals surface area contributed by atoms with Gasteiger partial charge < -0.3 is 28.4 Å². The van der Waals surface area contributed by atoms with Crippen LogP contribution in [-0.4, -0.2) is 74.5 Å². The van der Waals surface area contributed by atoms with Gasteiger partial charge in [0.05, 0.1) is 12.5 Å². The molecule has 0 saturated heterocycles. The smallest absolute Gasteiger partial charge is 0.316 e. The van der Waals surface area contributed by atoms with Gasteiger partial charge in [-0.25, -0.2) is 0 Å². The highest BCUT2D eigenvalue weighted by atomic mass is 16.6. The summed E-state index contributed by atoms with van der Waals surface area (Å²) in [7, 11) is 1.41. The Bertz CT molecular complexity index is 1540. The summed E-state index contributed by atoms with van der Waals surface area (Å²) in [5.74, 6) is -3.64. The van der Waals surface area contributed by atoms with Crippen molar-refractivity contribution in [2.75, 3.05) is 20.3 Å². The van der Waals surface area contributed by atoms with E-state index in [1.165, 1.54) is 47.3 Å². The van der Waals surface area contributed by atoms with Gasteiger partial charge in [-0.3, -0.25) is 28.8 Å². The van der Waals surface area contributed by atoms with Crippen molar-refractivity contribution in [3.63, 3.8) is 0 Å². The lowest BCUT2D eigenvalue weighted by molar-refractivity contribution is -0.271. The maximum Gasteiger partial charge on any atom is 0.316 e. The van der Waals surface area contributed by atoms with Crippen molar-refractivity contribution in [1.29, 1.82) is 0 Å². The molecule has 0 aliphatic heterocycles. The zero-order valence-corrected chi connectivity index (χ0v) is 33.5. The summed E-state index contributed by atoms with van der Waals surface area (Å²) < 4.78 is 35.3. The zero-order chi connectivity index (χ0) is 39.5. The van der Waals surface area contributed by atoms with E-state index in [0.717, 1.165) is 12.8 Å². The largest absolute Gasteiger partial charge is 0.468 e. The maximum absolute atomic E-state index is 14.0. The van der Waals surface area contributed by atoms with Crippen molar-refractivity contribution < 1.29 is 57.2 Å². The van der Waals surface area contributed by atoms with Crippen LogP contribution in [0.1, 0.15) is 121 Å². The highest BCUT2D eigenvalue weighted by molar-refractivity contribution is 5.80. The second-order valence-electron chi connectivity index (χ2n) is 18.2. The van der Waals surface area contributed by atoms with Crippen LogP contribution >= 0.6 is 0 Å². The van der Waals surface area contributed by atoms with Crippen molar-refractivity contribution in [2.45, 2.75) is 139 Å². The first-order valence-corrected chi connectivity index (χ1v) is 19.1. The van der Waals surface area contributed by atoms with Crippen LogP contribution in [0.15, 0.2) is 11.6 Å². The fourth-order valence-electron chi connectivity index (χ4n) is 12.5. The molecule has 0 aromatic rings. The summed E-state index contributed by atoms with van der Waals surface area (Å²) in [6.07, 6.45) is 4.33. The van der Waals surface area contributed by atoms with E-state index in [1.807, 2.05) is 0 Å². The Morgan fingerprint density at radius 1 is 0.698 bits per heavy atom. The first-order valence-electron chi connectivity index (χ1n) is 19.1. The summed E-state index contributed by atoms with van der Waals surface area (Å²) in [6.45, 7) is 17.3. The molecule has 53 heavy (non-hydrogen) atoms. The summed E-state index contributed by atoms with van der Waals surface area (Å²) in [5, 5.41) is 0. The molecule has 0 aromatic heterocycles. The van der Waals surface area contributed by atoms with E-state index in [9.17, 15) is 28.8 Å². The topological polar surface area (TPSA) is 158 Å². The molecule has 0 N–H and O–H groups in total. The molecule has 4 saturated carbocycles. The van der Waals surface area contributed by atoms with Crippen LogP contribution in [-0.2, 0) is 57.2 Å². The number of carbonyl (C=O) groups is 6. The average Bonchev–Trinajstić information content (AvgIpc) is 3.03. The normalized spacial score (nSPS) is 39.2. The van der Waals surface area contributed by atoms with Crippen LogP contribution in [0.3, 0.4) is 0 Å². The Hall–Kier alpha value is -3.44. The van der Waals surface area contributed by atoms with Crippen molar-refractivity contribution in [3.05, 3.63) is 11.6 Å². The molecule has 12 heteroatoms. The number of carbonyl (C=O) groups excluding carboxylic acids is 6. The van der Waals surface area contributed by atoms with E-state index in [4.69, 9.17) is 28.4 Å². The van der Waals surface area contributed by atoms with Gasteiger partial charge in [0.25, 0.3) is 0 Å². The number of hydrogen-bond acceptors (Lipinski definition) is 12. The van der Waals surface area contributed by atoms with Crippen LogP contribution in [0.4, 0.5) is 0 Å². The summed E-state index contributed by atoms with van der Waals surface area (Å²) in [4.78, 5) is 77.2. The minimum Gasteiger partial charge on any atom is -0.468 e. The Balaban J connectivity index is 1.72. The molecule has 0 radical (unpaired) electrons. The van der Waals surface area contributed by atoms with E-state index < -0.39 is 75.2 Å². The first-order chi connectivity index (χ1) is 24.5. The van der Waals surface area contributed by atoms with Gasteiger partial charge in [-0.2, -0.15) is 0 Å². The zero-order valence-electron chi connectivity index (χ0n) is 33.5. The quantitative estimate of drug-likeness (QED) is 0.161. The van der Waals surface area contributed by atoms with E-state index in [1.54, 1.807) is 0 Å². The molecule has 0 heterocycles. The molecule has 5 aliphatic rings. The molecule has 0 amide bonds. The van der Waals surface area contributed by atoms with Gasteiger partial charge in [0, 0.05) is 40.5 Å². The molecule has 10 atom stereocenters. The maximum atomic E-state index is 14.0. The fourth-order valence-corrected chi connectivity index (χ4v) is 12.5. The van der Waals surface area contributed by atoms with Crippen molar-refractivity contribution in [3.8, 4) is 0 Å². The Labute approximate surface area is 313 Å². The molecule has 4 fully saturated rings. The van der Waals surface area contributed by atoms with Crippen LogP contribution in [0.25, 0.3) is 0 Å². The number of allylic oxidation sites excluding steroid dienone is 2. The minimum atomic E-state index is -1.25.